The number of β-amino-alcohol motifs (C(OH)–C–C–N with tert-alkyl or cyclic N) is 1. The number of rotatable bonds is 1. The van der Waals surface area contributed by atoms with Crippen molar-refractivity contribution in [3.63, 3.8) is 0 Å². The quantitative estimate of drug-likeness (QED) is 0.866. The molecule has 2 aliphatic rings. The van der Waals surface area contributed by atoms with Crippen LogP contribution in [0.15, 0.2) is 6.08 Å². The third-order valence-electron chi connectivity index (χ3n) is 4.05. The van der Waals surface area contributed by atoms with Gasteiger partial charge in [0, 0.05) is 18.7 Å². The van der Waals surface area contributed by atoms with Gasteiger partial charge in [-0.3, -0.25) is 0 Å². The highest BCUT2D eigenvalue weighted by Gasteiger charge is 2.41. The maximum Gasteiger partial charge on any atom is 0.434 e. The number of hydrogen-bond donors (Lipinski definition) is 1. The predicted octanol–water partition coefficient (Wildman–Crippen LogP) is 2.50. The van der Waals surface area contributed by atoms with Crippen molar-refractivity contribution < 1.29 is 18.3 Å². The maximum atomic E-state index is 13.2. The minimum atomic E-state index is -4.69. The van der Waals surface area contributed by atoms with Gasteiger partial charge in [0.05, 0.1) is 17.0 Å². The van der Waals surface area contributed by atoms with Crippen LogP contribution >= 0.6 is 0 Å². The number of halogens is 3. The van der Waals surface area contributed by atoms with Gasteiger partial charge in [0.2, 0.25) is 0 Å². The smallest absolute Gasteiger partial charge is 0.388 e. The van der Waals surface area contributed by atoms with Gasteiger partial charge in [-0.25, -0.2) is 4.98 Å². The first-order chi connectivity index (χ1) is 10.2. The zero-order valence-electron chi connectivity index (χ0n) is 11.9. The van der Waals surface area contributed by atoms with E-state index >= 15 is 0 Å². The number of allylic oxidation sites excluding steroid dienone is 1. The first-order valence-corrected chi connectivity index (χ1v) is 6.91. The van der Waals surface area contributed by atoms with Crippen molar-refractivity contribution in [3.8, 4) is 6.07 Å². The van der Waals surface area contributed by atoms with Crippen LogP contribution in [0.25, 0.3) is 6.08 Å². The molecule has 2 heterocycles. The molecule has 1 saturated heterocycles. The highest BCUT2D eigenvalue weighted by atomic mass is 19.4. The van der Waals surface area contributed by atoms with E-state index in [-0.39, 0.29) is 17.9 Å². The second-order valence-electron chi connectivity index (χ2n) is 5.93. The fourth-order valence-corrected chi connectivity index (χ4v) is 3.05. The van der Waals surface area contributed by atoms with Crippen LogP contribution in [0, 0.1) is 11.3 Å². The van der Waals surface area contributed by atoms with Crippen LogP contribution < -0.4 is 4.90 Å². The van der Waals surface area contributed by atoms with Gasteiger partial charge in [-0.15, -0.1) is 0 Å². The number of fused-ring (bicyclic) bond motifs is 1. The molecular weight excluding hydrogens is 295 g/mol. The minimum absolute atomic E-state index is 0.204. The second kappa shape index (κ2) is 4.71. The van der Waals surface area contributed by atoms with Crippen molar-refractivity contribution in [1.82, 2.24) is 4.98 Å². The van der Waals surface area contributed by atoms with Crippen LogP contribution in [-0.2, 0) is 12.6 Å². The van der Waals surface area contributed by atoms with Crippen LogP contribution in [0.2, 0.25) is 0 Å². The Morgan fingerprint density at radius 1 is 1.45 bits per heavy atom. The third-order valence-corrected chi connectivity index (χ3v) is 4.05. The number of alkyl halides is 3. The Bertz CT molecular complexity index is 701. The largest absolute Gasteiger partial charge is 0.434 e. The molecule has 0 unspecified atom stereocenters. The van der Waals surface area contributed by atoms with Crippen molar-refractivity contribution >= 4 is 11.8 Å². The number of nitrogens with zero attached hydrogens (tertiary/aromatic N) is 3. The third kappa shape index (κ3) is 2.33. The fourth-order valence-electron chi connectivity index (χ4n) is 3.05. The van der Waals surface area contributed by atoms with E-state index in [1.807, 2.05) is 0 Å². The van der Waals surface area contributed by atoms with Crippen molar-refractivity contribution in [1.29, 1.82) is 5.26 Å². The normalized spacial score (nSPS) is 23.7. The van der Waals surface area contributed by atoms with E-state index in [2.05, 4.69) is 4.98 Å². The lowest BCUT2D eigenvalue weighted by molar-refractivity contribution is -0.141. The van der Waals surface area contributed by atoms with E-state index < -0.39 is 23.0 Å². The Morgan fingerprint density at radius 2 is 2.18 bits per heavy atom. The molecule has 3 rings (SSSR count). The minimum Gasteiger partial charge on any atom is -0.388 e. The first kappa shape index (κ1) is 14.9. The molecule has 0 aromatic carbocycles. The summed E-state index contributed by atoms with van der Waals surface area (Å²) < 4.78 is 39.7. The number of pyridine rings is 1. The van der Waals surface area contributed by atoms with Gasteiger partial charge < -0.3 is 10.0 Å². The van der Waals surface area contributed by atoms with Gasteiger partial charge in [-0.05, 0) is 25.8 Å². The summed E-state index contributed by atoms with van der Waals surface area (Å²) in [5.41, 5.74) is -1.42. The fraction of sp³-hybridized carbons (Fsp3) is 0.467. The lowest BCUT2D eigenvalue weighted by Crippen LogP contribution is -2.31. The summed E-state index contributed by atoms with van der Waals surface area (Å²) >= 11 is 0. The van der Waals surface area contributed by atoms with Gasteiger partial charge >= 0.3 is 6.18 Å². The van der Waals surface area contributed by atoms with Crippen LogP contribution in [0.4, 0.5) is 18.9 Å². The topological polar surface area (TPSA) is 60.1 Å². The van der Waals surface area contributed by atoms with Gasteiger partial charge in [-0.2, -0.15) is 18.4 Å². The zero-order valence-corrected chi connectivity index (χ0v) is 11.9. The standard InChI is InChI=1S/C15H14F3N3O/c1-14(22)5-6-21(8-14)12-9-3-2-4-11(9)20-13(10(12)7-19)15(16,17)18/h2,4,22H,3,5-6,8H2,1H3/t14-/m0/s1. The van der Waals surface area contributed by atoms with E-state index in [4.69, 9.17) is 0 Å². The highest BCUT2D eigenvalue weighted by molar-refractivity contribution is 5.75. The number of anilines is 1. The van der Waals surface area contributed by atoms with Crippen molar-refractivity contribution in [2.45, 2.75) is 31.5 Å². The number of hydrogen-bond acceptors (Lipinski definition) is 4. The molecule has 0 radical (unpaired) electrons. The van der Waals surface area contributed by atoms with E-state index in [1.165, 1.54) is 0 Å². The maximum absolute atomic E-state index is 13.2. The van der Waals surface area contributed by atoms with Crippen molar-refractivity contribution in [2.75, 3.05) is 18.0 Å². The molecule has 1 aliphatic carbocycles. The molecule has 0 bridgehead atoms. The predicted molar refractivity (Wildman–Crippen MR) is 74.1 cm³/mol. The van der Waals surface area contributed by atoms with E-state index in [9.17, 15) is 23.5 Å². The van der Waals surface area contributed by atoms with Crippen molar-refractivity contribution in [3.05, 3.63) is 28.6 Å². The molecule has 4 nitrogen and oxygen atoms in total. The molecule has 1 aromatic rings. The summed E-state index contributed by atoms with van der Waals surface area (Å²) in [7, 11) is 0. The van der Waals surface area contributed by atoms with E-state index in [1.54, 1.807) is 30.0 Å². The van der Waals surface area contributed by atoms with Gasteiger partial charge in [0.1, 0.15) is 11.6 Å². The molecule has 7 heteroatoms. The Balaban J connectivity index is 2.21. The highest BCUT2D eigenvalue weighted by Crippen LogP contribution is 2.41. The van der Waals surface area contributed by atoms with Crippen LogP contribution in [0.5, 0.6) is 0 Å². The number of aliphatic hydroxyl groups is 1. The molecule has 0 amide bonds. The van der Waals surface area contributed by atoms with Crippen LogP contribution in [0.1, 0.15) is 35.9 Å². The summed E-state index contributed by atoms with van der Waals surface area (Å²) in [6.45, 7) is 2.26. The molecule has 1 N–H and O–H groups in total. The second-order valence-corrected chi connectivity index (χ2v) is 5.93. The monoisotopic (exact) mass is 309 g/mol. The Morgan fingerprint density at radius 3 is 2.73 bits per heavy atom. The number of aromatic nitrogens is 1. The van der Waals surface area contributed by atoms with E-state index in [0.717, 1.165) is 0 Å². The molecule has 116 valence electrons. The van der Waals surface area contributed by atoms with Gasteiger partial charge in [0.15, 0.2) is 5.69 Å². The first-order valence-electron chi connectivity index (χ1n) is 6.91. The number of nitriles is 1. The Labute approximate surface area is 125 Å². The molecule has 1 aromatic heterocycles. The van der Waals surface area contributed by atoms with Gasteiger partial charge in [-0.1, -0.05) is 6.08 Å². The molecule has 22 heavy (non-hydrogen) atoms. The summed E-state index contributed by atoms with van der Waals surface area (Å²) in [6.07, 6.45) is -0.513. The summed E-state index contributed by atoms with van der Waals surface area (Å²) in [5, 5.41) is 19.4. The summed E-state index contributed by atoms with van der Waals surface area (Å²) in [5.74, 6) is 0. The average Bonchev–Trinajstić information content (AvgIpc) is 3.01. The lowest BCUT2D eigenvalue weighted by atomic mass is 10.0. The molecule has 1 fully saturated rings. The van der Waals surface area contributed by atoms with Gasteiger partial charge in [0.25, 0.3) is 0 Å². The summed E-state index contributed by atoms with van der Waals surface area (Å²) in [4.78, 5) is 5.31. The lowest BCUT2D eigenvalue weighted by Gasteiger charge is -2.26. The molecular formula is C15H14F3N3O. The molecule has 0 saturated carbocycles. The Kier molecular flexibility index (Phi) is 3.18. The van der Waals surface area contributed by atoms with E-state index in [0.29, 0.717) is 24.9 Å². The van der Waals surface area contributed by atoms with Crippen molar-refractivity contribution in [2.24, 2.45) is 0 Å². The summed E-state index contributed by atoms with van der Waals surface area (Å²) in [6, 6.07) is 1.67. The zero-order chi connectivity index (χ0) is 16.1. The molecule has 1 atom stereocenters. The van der Waals surface area contributed by atoms with Crippen LogP contribution in [0.3, 0.4) is 0 Å². The molecule has 0 spiro atoms. The van der Waals surface area contributed by atoms with Crippen LogP contribution in [-0.4, -0.2) is 28.8 Å². The Hall–Kier alpha value is -2.07. The average molecular weight is 309 g/mol. The SMILES string of the molecule is C[C@]1(O)CCN(c2c(C#N)c(C(F)(F)F)nc3c2CC=C3)C1. The molecule has 1 aliphatic heterocycles.